The van der Waals surface area contributed by atoms with Crippen molar-refractivity contribution in [1.82, 2.24) is 4.98 Å². The Bertz CT molecular complexity index is 839. The van der Waals surface area contributed by atoms with Crippen LogP contribution in [0.25, 0.3) is 0 Å². The van der Waals surface area contributed by atoms with Crippen molar-refractivity contribution in [2.45, 2.75) is 26.6 Å². The number of pyridine rings is 1. The van der Waals surface area contributed by atoms with Crippen molar-refractivity contribution in [2.75, 3.05) is 6.61 Å². The molecule has 27 heavy (non-hydrogen) atoms. The highest BCUT2D eigenvalue weighted by Gasteiger charge is 2.08. The second-order valence-corrected chi connectivity index (χ2v) is 6.62. The van der Waals surface area contributed by atoms with Gasteiger partial charge in [-0.2, -0.15) is 0 Å². The Hall–Kier alpha value is -2.56. The van der Waals surface area contributed by atoms with Gasteiger partial charge in [0.2, 0.25) is 0 Å². The third-order valence-electron chi connectivity index (χ3n) is 4.12. The Labute approximate surface area is 165 Å². The van der Waals surface area contributed by atoms with Gasteiger partial charge in [0, 0.05) is 28.5 Å². The van der Waals surface area contributed by atoms with Crippen molar-refractivity contribution in [3.8, 4) is 11.5 Å². The number of nitrogens with two attached hydrogens (primary N) is 1. The standard InChI is InChI=1S/C22H23ClN2O2/c1-2-26-22-13-19(15-25-14-17-9-11-24-12-10-17)5-8-21(22)27-16-18-3-6-20(23)7-4-18/h3-13,25H,2,14-16H2,1H3/p+1. The number of nitrogens with zero attached hydrogens (tertiary/aromatic N) is 1. The minimum atomic E-state index is 0.477. The van der Waals surface area contributed by atoms with Crippen molar-refractivity contribution >= 4 is 11.6 Å². The molecule has 3 rings (SSSR count). The van der Waals surface area contributed by atoms with Crippen LogP contribution < -0.4 is 14.8 Å². The van der Waals surface area contributed by atoms with Gasteiger partial charge in [0.1, 0.15) is 19.7 Å². The highest BCUT2D eigenvalue weighted by molar-refractivity contribution is 6.30. The van der Waals surface area contributed by atoms with Gasteiger partial charge in [-0.25, -0.2) is 0 Å². The topological polar surface area (TPSA) is 48.0 Å². The van der Waals surface area contributed by atoms with Crippen LogP contribution in [0, 0.1) is 0 Å². The second-order valence-electron chi connectivity index (χ2n) is 6.18. The molecule has 0 fully saturated rings. The molecule has 0 radical (unpaired) electrons. The maximum absolute atomic E-state index is 5.96. The highest BCUT2D eigenvalue weighted by Crippen LogP contribution is 2.29. The Morgan fingerprint density at radius 3 is 2.26 bits per heavy atom. The van der Waals surface area contributed by atoms with Crippen LogP contribution in [0.15, 0.2) is 67.0 Å². The number of halogens is 1. The fourth-order valence-corrected chi connectivity index (χ4v) is 2.86. The molecule has 2 N–H and O–H groups in total. The predicted octanol–water partition coefficient (Wildman–Crippen LogP) is 3.98. The number of benzene rings is 2. The molecule has 5 heteroatoms. The van der Waals surface area contributed by atoms with Gasteiger partial charge >= 0.3 is 0 Å². The summed E-state index contributed by atoms with van der Waals surface area (Å²) in [5.41, 5.74) is 3.53. The number of ether oxygens (including phenoxy) is 2. The minimum absolute atomic E-state index is 0.477. The van der Waals surface area contributed by atoms with Crippen molar-refractivity contribution in [3.63, 3.8) is 0 Å². The van der Waals surface area contributed by atoms with Crippen molar-refractivity contribution in [2.24, 2.45) is 0 Å². The van der Waals surface area contributed by atoms with Gasteiger partial charge in [-0.1, -0.05) is 23.7 Å². The summed E-state index contributed by atoms with van der Waals surface area (Å²) in [7, 11) is 0. The van der Waals surface area contributed by atoms with Crippen LogP contribution in [0.2, 0.25) is 5.02 Å². The first kappa shape index (κ1) is 19.2. The maximum atomic E-state index is 5.96. The van der Waals surface area contributed by atoms with Gasteiger partial charge in [-0.15, -0.1) is 0 Å². The highest BCUT2D eigenvalue weighted by atomic mass is 35.5. The molecule has 140 valence electrons. The number of aromatic nitrogens is 1. The summed E-state index contributed by atoms with van der Waals surface area (Å²) in [6.07, 6.45) is 3.65. The lowest BCUT2D eigenvalue weighted by molar-refractivity contribution is -0.686. The molecule has 0 saturated carbocycles. The molecule has 0 amide bonds. The van der Waals surface area contributed by atoms with E-state index in [1.54, 1.807) is 0 Å². The molecule has 2 aromatic carbocycles. The second kappa shape index (κ2) is 9.95. The molecule has 0 aliphatic heterocycles. The van der Waals surface area contributed by atoms with Crippen LogP contribution in [-0.2, 0) is 19.7 Å². The van der Waals surface area contributed by atoms with E-state index in [0.717, 1.165) is 35.2 Å². The molecule has 0 unspecified atom stereocenters. The van der Waals surface area contributed by atoms with Gasteiger partial charge in [0.15, 0.2) is 11.5 Å². The number of quaternary nitrogens is 1. The van der Waals surface area contributed by atoms with E-state index in [0.29, 0.717) is 13.2 Å². The minimum Gasteiger partial charge on any atom is -0.490 e. The fraction of sp³-hybridized carbons (Fsp3) is 0.227. The molecule has 4 nitrogen and oxygen atoms in total. The van der Waals surface area contributed by atoms with E-state index in [2.05, 4.69) is 22.4 Å². The zero-order valence-corrected chi connectivity index (χ0v) is 16.2. The van der Waals surface area contributed by atoms with E-state index >= 15 is 0 Å². The smallest absolute Gasteiger partial charge is 0.161 e. The predicted molar refractivity (Wildman–Crippen MR) is 107 cm³/mol. The van der Waals surface area contributed by atoms with Crippen molar-refractivity contribution < 1.29 is 14.8 Å². The molecule has 1 heterocycles. The summed E-state index contributed by atoms with van der Waals surface area (Å²) in [6, 6.07) is 17.9. The van der Waals surface area contributed by atoms with E-state index in [1.807, 2.05) is 61.8 Å². The Kier molecular flexibility index (Phi) is 7.08. The molecule has 0 spiro atoms. The zero-order valence-electron chi connectivity index (χ0n) is 15.4. The average molecular weight is 384 g/mol. The first-order chi connectivity index (χ1) is 13.2. The third kappa shape index (κ3) is 5.98. The molecule has 0 aliphatic carbocycles. The number of rotatable bonds is 9. The van der Waals surface area contributed by atoms with Gasteiger partial charge < -0.3 is 14.8 Å². The lowest BCUT2D eigenvalue weighted by Gasteiger charge is -2.13. The fourth-order valence-electron chi connectivity index (χ4n) is 2.73. The Balaban J connectivity index is 1.60. The summed E-state index contributed by atoms with van der Waals surface area (Å²) in [5, 5.41) is 2.98. The van der Waals surface area contributed by atoms with Gasteiger partial charge in [-0.05, 0) is 55.0 Å². The lowest BCUT2D eigenvalue weighted by atomic mass is 10.2. The number of hydrogen-bond donors (Lipinski definition) is 1. The average Bonchev–Trinajstić information content (AvgIpc) is 2.70. The van der Waals surface area contributed by atoms with Crippen molar-refractivity contribution in [1.29, 1.82) is 0 Å². The van der Waals surface area contributed by atoms with Crippen LogP contribution >= 0.6 is 11.6 Å². The number of hydrogen-bond acceptors (Lipinski definition) is 3. The lowest BCUT2D eigenvalue weighted by Crippen LogP contribution is -2.80. The SMILES string of the molecule is CCOc1cc(C[NH2+]Cc2ccncc2)ccc1OCc1ccc(Cl)cc1. The molecule has 0 saturated heterocycles. The van der Waals surface area contributed by atoms with E-state index in [4.69, 9.17) is 21.1 Å². The monoisotopic (exact) mass is 383 g/mol. The zero-order chi connectivity index (χ0) is 18.9. The van der Waals surface area contributed by atoms with Gasteiger partial charge in [0.25, 0.3) is 0 Å². The molecule has 0 bridgehead atoms. The van der Waals surface area contributed by atoms with E-state index < -0.39 is 0 Å². The Morgan fingerprint density at radius 2 is 1.52 bits per heavy atom. The summed E-state index contributed by atoms with van der Waals surface area (Å²) in [6.45, 7) is 4.85. The summed E-state index contributed by atoms with van der Waals surface area (Å²) in [4.78, 5) is 4.05. The van der Waals surface area contributed by atoms with Gasteiger partial charge in [-0.3, -0.25) is 4.98 Å². The van der Waals surface area contributed by atoms with Crippen LogP contribution in [-0.4, -0.2) is 11.6 Å². The molecular weight excluding hydrogens is 360 g/mol. The molecule has 0 atom stereocenters. The molecular formula is C22H24ClN2O2+. The molecule has 3 aromatic rings. The van der Waals surface area contributed by atoms with Crippen molar-refractivity contribution in [3.05, 3.63) is 88.7 Å². The normalized spacial score (nSPS) is 10.6. The third-order valence-corrected chi connectivity index (χ3v) is 4.38. The van der Waals surface area contributed by atoms with E-state index in [1.165, 1.54) is 11.1 Å². The van der Waals surface area contributed by atoms with E-state index in [9.17, 15) is 0 Å². The Morgan fingerprint density at radius 1 is 0.815 bits per heavy atom. The summed E-state index contributed by atoms with van der Waals surface area (Å²) < 4.78 is 11.7. The first-order valence-electron chi connectivity index (χ1n) is 9.08. The van der Waals surface area contributed by atoms with Crippen LogP contribution in [0.4, 0.5) is 0 Å². The molecule has 1 aromatic heterocycles. The quantitative estimate of drug-likeness (QED) is 0.608. The maximum Gasteiger partial charge on any atom is 0.161 e. The van der Waals surface area contributed by atoms with Crippen LogP contribution in [0.5, 0.6) is 11.5 Å². The molecule has 0 aliphatic rings. The first-order valence-corrected chi connectivity index (χ1v) is 9.46. The summed E-state index contributed by atoms with van der Waals surface area (Å²) >= 11 is 5.93. The summed E-state index contributed by atoms with van der Waals surface area (Å²) in [5.74, 6) is 1.53. The van der Waals surface area contributed by atoms with Crippen LogP contribution in [0.1, 0.15) is 23.6 Å². The van der Waals surface area contributed by atoms with Crippen LogP contribution in [0.3, 0.4) is 0 Å². The van der Waals surface area contributed by atoms with Gasteiger partial charge in [0.05, 0.1) is 6.61 Å². The van der Waals surface area contributed by atoms with E-state index in [-0.39, 0.29) is 0 Å². The largest absolute Gasteiger partial charge is 0.490 e.